The van der Waals surface area contributed by atoms with Crippen LogP contribution in [-0.4, -0.2) is 17.4 Å². The van der Waals surface area contributed by atoms with Gasteiger partial charge in [0.25, 0.3) is 11.6 Å². The molecular weight excluding hydrogens is 343 g/mol. The summed E-state index contributed by atoms with van der Waals surface area (Å²) < 4.78 is 5.30. The summed E-state index contributed by atoms with van der Waals surface area (Å²) in [6, 6.07) is 8.87. The number of hydrogen-bond acceptors (Lipinski definition) is 4. The van der Waals surface area contributed by atoms with Gasteiger partial charge < -0.3 is 10.1 Å². The Hall–Kier alpha value is -2.31. The highest BCUT2D eigenvalue weighted by atomic mass is 35.5. The van der Waals surface area contributed by atoms with Gasteiger partial charge >= 0.3 is 0 Å². The van der Waals surface area contributed by atoms with Gasteiger partial charge in [-0.25, -0.2) is 0 Å². The number of nitrogens with zero attached hydrogens (tertiary/aromatic N) is 1. The molecule has 23 heavy (non-hydrogen) atoms. The number of rotatable bonds is 5. The Bertz CT molecular complexity index is 765. The smallest absolute Gasteiger partial charge is 0.271 e. The van der Waals surface area contributed by atoms with Crippen molar-refractivity contribution in [3.63, 3.8) is 0 Å². The quantitative estimate of drug-likeness (QED) is 0.643. The number of amides is 1. The van der Waals surface area contributed by atoms with Crippen molar-refractivity contribution < 1.29 is 14.5 Å². The Morgan fingerprint density at radius 3 is 2.61 bits per heavy atom. The normalized spacial score (nSPS) is 10.2. The zero-order chi connectivity index (χ0) is 17.0. The Kier molecular flexibility index (Phi) is 5.41. The monoisotopic (exact) mass is 354 g/mol. The number of nitro benzene ring substituents is 1. The molecule has 0 aliphatic rings. The molecule has 0 radical (unpaired) electrons. The van der Waals surface area contributed by atoms with Crippen LogP contribution in [-0.2, 0) is 4.79 Å². The third kappa shape index (κ3) is 4.58. The van der Waals surface area contributed by atoms with Crippen LogP contribution < -0.4 is 10.1 Å². The summed E-state index contributed by atoms with van der Waals surface area (Å²) in [4.78, 5) is 22.1. The molecule has 0 aliphatic carbocycles. The maximum atomic E-state index is 11.9. The molecule has 0 saturated heterocycles. The zero-order valence-corrected chi connectivity index (χ0v) is 13.5. The highest BCUT2D eigenvalue weighted by Gasteiger charge is 2.11. The van der Waals surface area contributed by atoms with Crippen molar-refractivity contribution in [3.05, 3.63) is 62.1 Å². The molecule has 1 N–H and O–H groups in total. The van der Waals surface area contributed by atoms with Crippen LogP contribution in [0, 0.1) is 17.0 Å². The summed E-state index contributed by atoms with van der Waals surface area (Å²) in [6.07, 6.45) is 0. The number of carbonyl (C=O) groups is 1. The van der Waals surface area contributed by atoms with Crippen LogP contribution in [0.15, 0.2) is 36.4 Å². The van der Waals surface area contributed by atoms with Crippen LogP contribution in [0.25, 0.3) is 0 Å². The SMILES string of the molecule is Cc1ccc([N+](=O)[O-])cc1NC(=O)COc1ccc(Cl)c(Cl)c1. The molecule has 0 atom stereocenters. The first-order valence-electron chi connectivity index (χ1n) is 6.49. The fourth-order valence-corrected chi connectivity index (χ4v) is 2.05. The lowest BCUT2D eigenvalue weighted by Crippen LogP contribution is -2.20. The van der Waals surface area contributed by atoms with E-state index in [9.17, 15) is 14.9 Å². The van der Waals surface area contributed by atoms with E-state index in [1.807, 2.05) is 0 Å². The maximum Gasteiger partial charge on any atom is 0.271 e. The van der Waals surface area contributed by atoms with Crippen molar-refractivity contribution in [3.8, 4) is 5.75 Å². The number of non-ortho nitro benzene ring substituents is 1. The molecule has 0 aromatic heterocycles. The standard InChI is InChI=1S/C15H12Cl2N2O4/c1-9-2-3-10(19(21)22)6-14(9)18-15(20)8-23-11-4-5-12(16)13(17)7-11/h2-7H,8H2,1H3,(H,18,20). The van der Waals surface area contributed by atoms with Crippen molar-refractivity contribution in [2.45, 2.75) is 6.92 Å². The fourth-order valence-electron chi connectivity index (χ4n) is 1.76. The lowest BCUT2D eigenvalue weighted by molar-refractivity contribution is -0.384. The second-order valence-corrected chi connectivity index (χ2v) is 5.48. The molecule has 6 nitrogen and oxygen atoms in total. The molecular formula is C15H12Cl2N2O4. The number of ether oxygens (including phenoxy) is 1. The van der Waals surface area contributed by atoms with Gasteiger partial charge in [-0.3, -0.25) is 14.9 Å². The molecule has 0 heterocycles. The number of carbonyl (C=O) groups excluding carboxylic acids is 1. The molecule has 0 saturated carbocycles. The Morgan fingerprint density at radius 1 is 1.22 bits per heavy atom. The number of nitro groups is 1. The lowest BCUT2D eigenvalue weighted by atomic mass is 10.2. The minimum Gasteiger partial charge on any atom is -0.484 e. The van der Waals surface area contributed by atoms with Gasteiger partial charge in [0.2, 0.25) is 0 Å². The number of benzene rings is 2. The van der Waals surface area contributed by atoms with Crippen LogP contribution in [0.3, 0.4) is 0 Å². The number of halogens is 2. The lowest BCUT2D eigenvalue weighted by Gasteiger charge is -2.10. The number of anilines is 1. The van der Waals surface area contributed by atoms with E-state index in [0.717, 1.165) is 0 Å². The molecule has 0 spiro atoms. The van der Waals surface area contributed by atoms with Gasteiger partial charge in [0.15, 0.2) is 6.61 Å². The minimum atomic E-state index is -0.526. The molecule has 2 rings (SSSR count). The topological polar surface area (TPSA) is 81.5 Å². The molecule has 0 fully saturated rings. The highest BCUT2D eigenvalue weighted by Crippen LogP contribution is 2.26. The molecule has 8 heteroatoms. The van der Waals surface area contributed by atoms with Crippen molar-refractivity contribution in [2.75, 3.05) is 11.9 Å². The van der Waals surface area contributed by atoms with Crippen molar-refractivity contribution in [1.29, 1.82) is 0 Å². The van der Waals surface area contributed by atoms with Gasteiger partial charge in [0.05, 0.1) is 20.7 Å². The molecule has 2 aromatic carbocycles. The molecule has 0 aliphatic heterocycles. The molecule has 120 valence electrons. The van der Waals surface area contributed by atoms with Crippen molar-refractivity contribution in [2.24, 2.45) is 0 Å². The molecule has 1 amide bonds. The summed E-state index contributed by atoms with van der Waals surface area (Å²) in [7, 11) is 0. The van der Waals surface area contributed by atoms with Crippen LogP contribution in [0.1, 0.15) is 5.56 Å². The van der Waals surface area contributed by atoms with E-state index in [-0.39, 0.29) is 12.3 Å². The Morgan fingerprint density at radius 2 is 1.96 bits per heavy atom. The predicted molar refractivity (Wildman–Crippen MR) is 88.4 cm³/mol. The molecule has 0 bridgehead atoms. The first-order chi connectivity index (χ1) is 10.9. The van der Waals surface area contributed by atoms with E-state index < -0.39 is 10.8 Å². The first kappa shape index (κ1) is 17.1. The van der Waals surface area contributed by atoms with Gasteiger partial charge in [-0.15, -0.1) is 0 Å². The third-order valence-electron chi connectivity index (χ3n) is 2.97. The van der Waals surface area contributed by atoms with Crippen LogP contribution in [0.4, 0.5) is 11.4 Å². The molecule has 0 unspecified atom stereocenters. The van der Waals surface area contributed by atoms with Crippen LogP contribution in [0.5, 0.6) is 5.75 Å². The largest absolute Gasteiger partial charge is 0.484 e. The fraction of sp³-hybridized carbons (Fsp3) is 0.133. The second kappa shape index (κ2) is 7.30. The van der Waals surface area contributed by atoms with Gasteiger partial charge in [0.1, 0.15) is 5.75 Å². The highest BCUT2D eigenvalue weighted by molar-refractivity contribution is 6.42. The van der Waals surface area contributed by atoms with Crippen LogP contribution >= 0.6 is 23.2 Å². The maximum absolute atomic E-state index is 11.9. The number of nitrogens with one attached hydrogen (secondary N) is 1. The number of hydrogen-bond donors (Lipinski definition) is 1. The Labute approximate surface area is 142 Å². The van der Waals surface area contributed by atoms with E-state index >= 15 is 0 Å². The van der Waals surface area contributed by atoms with E-state index in [0.29, 0.717) is 27.0 Å². The van der Waals surface area contributed by atoms with E-state index in [1.54, 1.807) is 25.1 Å². The summed E-state index contributed by atoms with van der Waals surface area (Å²) in [5, 5.41) is 14.0. The van der Waals surface area contributed by atoms with Crippen molar-refractivity contribution >= 4 is 40.5 Å². The second-order valence-electron chi connectivity index (χ2n) is 4.67. The first-order valence-corrected chi connectivity index (χ1v) is 7.25. The van der Waals surface area contributed by atoms with Gasteiger partial charge in [-0.05, 0) is 24.6 Å². The van der Waals surface area contributed by atoms with Gasteiger partial charge in [-0.2, -0.15) is 0 Å². The van der Waals surface area contributed by atoms with E-state index in [2.05, 4.69) is 5.32 Å². The molecule has 2 aromatic rings. The minimum absolute atomic E-state index is 0.101. The average Bonchev–Trinajstić information content (AvgIpc) is 2.50. The summed E-state index contributed by atoms with van der Waals surface area (Å²) in [5.74, 6) is -0.0509. The van der Waals surface area contributed by atoms with Crippen molar-refractivity contribution in [1.82, 2.24) is 0 Å². The summed E-state index contributed by atoms with van der Waals surface area (Å²) >= 11 is 11.6. The van der Waals surface area contributed by atoms with E-state index in [4.69, 9.17) is 27.9 Å². The van der Waals surface area contributed by atoms with Gasteiger partial charge in [0, 0.05) is 18.2 Å². The zero-order valence-electron chi connectivity index (χ0n) is 12.0. The predicted octanol–water partition coefficient (Wildman–Crippen LogP) is 4.23. The van der Waals surface area contributed by atoms with Crippen LogP contribution in [0.2, 0.25) is 10.0 Å². The number of aryl methyl sites for hydroxylation is 1. The Balaban J connectivity index is 2.00. The summed E-state index contributed by atoms with van der Waals surface area (Å²) in [6.45, 7) is 1.47. The summed E-state index contributed by atoms with van der Waals surface area (Å²) in [5.41, 5.74) is 0.969. The van der Waals surface area contributed by atoms with E-state index in [1.165, 1.54) is 18.2 Å². The third-order valence-corrected chi connectivity index (χ3v) is 3.71. The van der Waals surface area contributed by atoms with Gasteiger partial charge in [-0.1, -0.05) is 29.3 Å². The average molecular weight is 355 g/mol.